The van der Waals surface area contributed by atoms with Crippen molar-refractivity contribution in [1.82, 2.24) is 4.98 Å². The molecule has 1 amide bonds. The molecule has 92 valence electrons. The molecular weight excluding hydrogens is 230 g/mol. The summed E-state index contributed by atoms with van der Waals surface area (Å²) in [7, 11) is 0. The van der Waals surface area contributed by atoms with E-state index in [0.29, 0.717) is 16.2 Å². The fraction of sp³-hybridized carbons (Fsp3) is 0.154. The van der Waals surface area contributed by atoms with Crippen LogP contribution in [-0.4, -0.2) is 10.9 Å². The number of aromatic nitrogens is 2. The molecule has 0 aliphatic carbocycles. The minimum Gasteiger partial charge on any atom is -0.618 e. The smallest absolute Gasteiger partial charge is 0.322 e. The van der Waals surface area contributed by atoms with Gasteiger partial charge in [-0.15, -0.1) is 0 Å². The Labute approximate surface area is 105 Å². The van der Waals surface area contributed by atoms with Crippen molar-refractivity contribution in [2.24, 2.45) is 0 Å². The summed E-state index contributed by atoms with van der Waals surface area (Å²) in [6, 6.07) is 10.1. The predicted octanol–water partition coefficient (Wildman–Crippen LogP) is 1.58. The second-order valence-corrected chi connectivity index (χ2v) is 3.97. The van der Waals surface area contributed by atoms with Gasteiger partial charge in [0.15, 0.2) is 5.69 Å². The molecule has 2 heterocycles. The number of rotatable bonds is 2. The van der Waals surface area contributed by atoms with E-state index >= 15 is 0 Å². The molecule has 0 radical (unpaired) electrons. The van der Waals surface area contributed by atoms with E-state index in [4.69, 9.17) is 0 Å². The second kappa shape index (κ2) is 4.83. The third kappa shape index (κ3) is 2.45. The topological polar surface area (TPSA) is 68.9 Å². The van der Waals surface area contributed by atoms with E-state index in [1.807, 2.05) is 13.0 Å². The molecular formula is C13H13N3O2. The van der Waals surface area contributed by atoms with Gasteiger partial charge in [-0.05, 0) is 25.1 Å². The number of carbonyl (C=O) groups is 1. The molecule has 2 aromatic heterocycles. The minimum atomic E-state index is -0.466. The van der Waals surface area contributed by atoms with Gasteiger partial charge in [0.1, 0.15) is 5.82 Å². The van der Waals surface area contributed by atoms with Crippen molar-refractivity contribution in [2.45, 2.75) is 13.8 Å². The quantitative estimate of drug-likeness (QED) is 0.643. The molecule has 18 heavy (non-hydrogen) atoms. The zero-order valence-electron chi connectivity index (χ0n) is 10.2. The Balaban J connectivity index is 2.25. The van der Waals surface area contributed by atoms with Crippen molar-refractivity contribution in [3.8, 4) is 0 Å². The van der Waals surface area contributed by atoms with Gasteiger partial charge in [0.2, 0.25) is 0 Å². The van der Waals surface area contributed by atoms with Crippen LogP contribution >= 0.6 is 0 Å². The Bertz CT molecular complexity index is 597. The molecule has 2 aromatic rings. The van der Waals surface area contributed by atoms with Crippen LogP contribution in [0, 0.1) is 19.1 Å². The van der Waals surface area contributed by atoms with E-state index in [0.717, 1.165) is 5.69 Å². The highest BCUT2D eigenvalue weighted by Gasteiger charge is 2.17. The van der Waals surface area contributed by atoms with E-state index in [9.17, 15) is 10.0 Å². The van der Waals surface area contributed by atoms with Crippen molar-refractivity contribution in [3.63, 3.8) is 0 Å². The molecule has 2 rings (SSSR count). The van der Waals surface area contributed by atoms with Gasteiger partial charge in [0, 0.05) is 24.8 Å². The molecule has 0 aromatic carbocycles. The summed E-state index contributed by atoms with van der Waals surface area (Å²) in [6.07, 6.45) is 0. The highest BCUT2D eigenvalue weighted by Crippen LogP contribution is 2.06. The molecule has 5 nitrogen and oxygen atoms in total. The number of hydrogen-bond acceptors (Lipinski definition) is 3. The monoisotopic (exact) mass is 243 g/mol. The second-order valence-electron chi connectivity index (χ2n) is 3.97. The fourth-order valence-corrected chi connectivity index (χ4v) is 1.56. The number of nitrogens with one attached hydrogen (secondary N) is 1. The lowest BCUT2D eigenvalue weighted by molar-refractivity contribution is -0.614. The molecule has 0 saturated heterocycles. The first-order valence-corrected chi connectivity index (χ1v) is 5.52. The van der Waals surface area contributed by atoms with E-state index < -0.39 is 5.91 Å². The van der Waals surface area contributed by atoms with Crippen LogP contribution in [0.4, 0.5) is 5.82 Å². The third-order valence-corrected chi connectivity index (χ3v) is 2.49. The molecule has 0 fully saturated rings. The average Bonchev–Trinajstić information content (AvgIpc) is 2.32. The average molecular weight is 243 g/mol. The van der Waals surface area contributed by atoms with Crippen LogP contribution in [0.5, 0.6) is 0 Å². The minimum absolute atomic E-state index is 0.0540. The van der Waals surface area contributed by atoms with Crippen molar-refractivity contribution in [2.75, 3.05) is 5.32 Å². The van der Waals surface area contributed by atoms with Gasteiger partial charge in [-0.3, -0.25) is 4.79 Å². The molecule has 1 N–H and O–H groups in total. The number of anilines is 1. The van der Waals surface area contributed by atoms with Crippen LogP contribution in [0.2, 0.25) is 0 Å². The van der Waals surface area contributed by atoms with Crippen LogP contribution < -0.4 is 10.0 Å². The van der Waals surface area contributed by atoms with Crippen molar-refractivity contribution >= 4 is 11.7 Å². The normalized spacial score (nSPS) is 10.1. The lowest BCUT2D eigenvalue weighted by Gasteiger charge is -2.07. The summed E-state index contributed by atoms with van der Waals surface area (Å²) >= 11 is 0. The maximum absolute atomic E-state index is 11.9. The number of nitrogens with zero attached hydrogens (tertiary/aromatic N) is 2. The Morgan fingerprint density at radius 1 is 1.22 bits per heavy atom. The fourth-order valence-electron chi connectivity index (χ4n) is 1.56. The number of amides is 1. The standard InChI is InChI=1S/C13H13N3O2/c1-9-5-3-8-12(14-9)15-13(17)11-7-4-6-10(2)16(11)18/h3-8H,1-2H3,(H,14,15,17). The number of hydrogen-bond donors (Lipinski definition) is 1. The van der Waals surface area contributed by atoms with Crippen LogP contribution in [0.1, 0.15) is 21.9 Å². The summed E-state index contributed by atoms with van der Waals surface area (Å²) < 4.78 is 0.602. The molecule has 0 bridgehead atoms. The Morgan fingerprint density at radius 3 is 2.67 bits per heavy atom. The highest BCUT2D eigenvalue weighted by molar-refractivity contribution is 6.01. The van der Waals surface area contributed by atoms with Crippen molar-refractivity contribution < 1.29 is 9.52 Å². The molecule has 0 aliphatic heterocycles. The van der Waals surface area contributed by atoms with Gasteiger partial charge in [0.25, 0.3) is 5.69 Å². The Kier molecular flexibility index (Phi) is 3.23. The van der Waals surface area contributed by atoms with Gasteiger partial charge in [-0.2, -0.15) is 4.73 Å². The van der Waals surface area contributed by atoms with Gasteiger partial charge >= 0.3 is 5.91 Å². The Morgan fingerprint density at radius 2 is 1.94 bits per heavy atom. The van der Waals surface area contributed by atoms with E-state index in [1.54, 1.807) is 31.2 Å². The number of pyridine rings is 2. The Hall–Kier alpha value is -2.43. The largest absolute Gasteiger partial charge is 0.618 e. The molecule has 0 unspecified atom stereocenters. The van der Waals surface area contributed by atoms with Crippen LogP contribution in [0.15, 0.2) is 36.4 Å². The van der Waals surface area contributed by atoms with Crippen molar-refractivity contribution in [3.05, 3.63) is 58.7 Å². The molecule has 0 saturated carbocycles. The first kappa shape index (κ1) is 12.0. The van der Waals surface area contributed by atoms with Gasteiger partial charge in [0.05, 0.1) is 0 Å². The van der Waals surface area contributed by atoms with Gasteiger partial charge < -0.3 is 10.5 Å². The van der Waals surface area contributed by atoms with Crippen molar-refractivity contribution in [1.29, 1.82) is 0 Å². The highest BCUT2D eigenvalue weighted by atomic mass is 16.5. The summed E-state index contributed by atoms with van der Waals surface area (Å²) in [6.45, 7) is 3.48. The molecule has 0 atom stereocenters. The van der Waals surface area contributed by atoms with E-state index in [1.165, 1.54) is 6.07 Å². The summed E-state index contributed by atoms with van der Waals surface area (Å²) in [5.74, 6) is -0.0340. The zero-order valence-corrected chi connectivity index (χ0v) is 10.2. The van der Waals surface area contributed by atoms with Crippen LogP contribution in [0.3, 0.4) is 0 Å². The zero-order chi connectivity index (χ0) is 13.1. The molecule has 0 spiro atoms. The summed E-state index contributed by atoms with van der Waals surface area (Å²) in [4.78, 5) is 16.1. The maximum atomic E-state index is 11.9. The molecule has 0 aliphatic rings. The van der Waals surface area contributed by atoms with Gasteiger partial charge in [-0.25, -0.2) is 4.98 Å². The number of aryl methyl sites for hydroxylation is 2. The van der Waals surface area contributed by atoms with Crippen LogP contribution in [-0.2, 0) is 0 Å². The molecule has 5 heteroatoms. The third-order valence-electron chi connectivity index (χ3n) is 2.49. The predicted molar refractivity (Wildman–Crippen MR) is 67.1 cm³/mol. The van der Waals surface area contributed by atoms with Gasteiger partial charge in [-0.1, -0.05) is 6.07 Å². The van der Waals surface area contributed by atoms with E-state index in [-0.39, 0.29) is 5.69 Å². The van der Waals surface area contributed by atoms with Crippen LogP contribution in [0.25, 0.3) is 0 Å². The first-order chi connectivity index (χ1) is 8.58. The lowest BCUT2D eigenvalue weighted by atomic mass is 10.3. The lowest BCUT2D eigenvalue weighted by Crippen LogP contribution is -2.39. The first-order valence-electron chi connectivity index (χ1n) is 5.52. The summed E-state index contributed by atoms with van der Waals surface area (Å²) in [5.41, 5.74) is 1.32. The maximum Gasteiger partial charge on any atom is 0.322 e. The SMILES string of the molecule is Cc1cccc(NC(=O)c2cccc(C)[n+]2[O-])n1. The summed E-state index contributed by atoms with van der Waals surface area (Å²) in [5, 5.41) is 14.3. The number of carbonyl (C=O) groups excluding carboxylic acids is 1. The van der Waals surface area contributed by atoms with E-state index in [2.05, 4.69) is 10.3 Å².